The molecule has 0 aliphatic carbocycles. The SMILES string of the molecule is CC1C=CC=C(C2C3(C)CC4(C)OC(C)(CC2(C)O4)O3)P1C. The molecule has 0 aromatic rings. The number of rotatable bonds is 1. The van der Waals surface area contributed by atoms with Crippen LogP contribution >= 0.6 is 7.92 Å². The van der Waals surface area contributed by atoms with Crippen LogP contribution in [-0.2, 0) is 14.2 Å². The molecule has 5 heterocycles. The molecule has 4 saturated heterocycles. The Morgan fingerprint density at radius 2 is 1.55 bits per heavy atom. The molecule has 0 amide bonds. The third kappa shape index (κ3) is 1.95. The van der Waals surface area contributed by atoms with Crippen LogP contribution in [0.5, 0.6) is 0 Å². The van der Waals surface area contributed by atoms with Crippen molar-refractivity contribution in [1.29, 1.82) is 0 Å². The van der Waals surface area contributed by atoms with Crippen molar-refractivity contribution in [2.45, 2.75) is 75.9 Å². The minimum absolute atomic E-state index is 0.187. The second-order valence-electron chi connectivity index (χ2n) is 8.31. The van der Waals surface area contributed by atoms with Crippen LogP contribution in [0.1, 0.15) is 47.5 Å². The van der Waals surface area contributed by atoms with E-state index in [9.17, 15) is 0 Å². The van der Waals surface area contributed by atoms with Gasteiger partial charge in [0, 0.05) is 18.8 Å². The van der Waals surface area contributed by atoms with Gasteiger partial charge in [0.1, 0.15) is 0 Å². The van der Waals surface area contributed by atoms with Crippen LogP contribution < -0.4 is 0 Å². The summed E-state index contributed by atoms with van der Waals surface area (Å²) in [5.41, 5.74) is 0.211. The quantitative estimate of drug-likeness (QED) is 0.671. The second-order valence-corrected chi connectivity index (χ2v) is 10.9. The first-order valence-corrected chi connectivity index (χ1v) is 10.2. The smallest absolute Gasteiger partial charge is 0.172 e. The largest absolute Gasteiger partial charge is 0.343 e. The van der Waals surface area contributed by atoms with E-state index >= 15 is 0 Å². The molecule has 5 aliphatic rings. The molecule has 4 bridgehead atoms. The van der Waals surface area contributed by atoms with Crippen molar-refractivity contribution >= 4 is 7.92 Å². The highest BCUT2D eigenvalue weighted by atomic mass is 31.1. The number of hydrogen-bond acceptors (Lipinski definition) is 3. The lowest BCUT2D eigenvalue weighted by atomic mass is 9.64. The van der Waals surface area contributed by atoms with E-state index in [4.69, 9.17) is 14.2 Å². The lowest BCUT2D eigenvalue weighted by molar-refractivity contribution is -0.523. The molecule has 0 radical (unpaired) electrons. The van der Waals surface area contributed by atoms with Gasteiger partial charge in [-0.2, -0.15) is 0 Å². The van der Waals surface area contributed by atoms with Gasteiger partial charge >= 0.3 is 0 Å². The minimum Gasteiger partial charge on any atom is -0.343 e. The van der Waals surface area contributed by atoms with E-state index in [-0.39, 0.29) is 19.1 Å². The van der Waals surface area contributed by atoms with E-state index in [1.54, 1.807) is 5.31 Å². The van der Waals surface area contributed by atoms with Gasteiger partial charge in [0.2, 0.25) is 0 Å². The van der Waals surface area contributed by atoms with E-state index in [1.807, 2.05) is 0 Å². The summed E-state index contributed by atoms with van der Waals surface area (Å²) in [4.78, 5) is 0. The Bertz CT molecular complexity index is 537. The van der Waals surface area contributed by atoms with E-state index in [1.165, 1.54) is 0 Å². The van der Waals surface area contributed by atoms with Gasteiger partial charge < -0.3 is 14.2 Å². The Kier molecular flexibility index (Phi) is 2.96. The third-order valence-electron chi connectivity index (χ3n) is 5.87. The van der Waals surface area contributed by atoms with E-state index in [2.05, 4.69) is 59.5 Å². The number of ether oxygens (including phenoxy) is 3. The summed E-state index contributed by atoms with van der Waals surface area (Å²) in [5.74, 6) is -0.717. The molecule has 3 nitrogen and oxygen atoms in total. The molecule has 122 valence electrons. The molecule has 6 atom stereocenters. The normalized spacial score (nSPS) is 59.7. The Morgan fingerprint density at radius 3 is 2.09 bits per heavy atom. The summed E-state index contributed by atoms with van der Waals surface area (Å²) < 4.78 is 19.2. The van der Waals surface area contributed by atoms with Crippen molar-refractivity contribution in [2.75, 3.05) is 6.66 Å². The van der Waals surface area contributed by atoms with Crippen LogP contribution in [0.4, 0.5) is 0 Å². The molecule has 0 N–H and O–H groups in total. The van der Waals surface area contributed by atoms with Crippen LogP contribution in [0.3, 0.4) is 0 Å². The monoisotopic (exact) mass is 322 g/mol. The summed E-state index contributed by atoms with van der Waals surface area (Å²) in [6, 6.07) is 0. The van der Waals surface area contributed by atoms with Crippen LogP contribution in [-0.4, -0.2) is 35.1 Å². The molecule has 0 saturated carbocycles. The van der Waals surface area contributed by atoms with E-state index in [0.29, 0.717) is 11.6 Å². The number of allylic oxidation sites excluding steroid dienone is 3. The average molecular weight is 322 g/mol. The first-order chi connectivity index (χ1) is 10.1. The van der Waals surface area contributed by atoms with Crippen LogP contribution in [0.2, 0.25) is 0 Å². The first kappa shape index (κ1) is 15.3. The first-order valence-electron chi connectivity index (χ1n) is 8.30. The Labute approximate surface area is 134 Å². The zero-order chi connectivity index (χ0) is 16.0. The lowest BCUT2D eigenvalue weighted by Gasteiger charge is -2.70. The standard InChI is InChI=1S/C18H27O3P/c1-12-8-7-9-13(22(12)6)14-15(2)10-17(4)20-16(14,3)11-18(5,19-15)21-17/h7-9,12,14H,10-11H2,1-6H3. The summed E-state index contributed by atoms with van der Waals surface area (Å²) in [6.07, 6.45) is 8.47. The maximum absolute atomic E-state index is 6.52. The van der Waals surface area contributed by atoms with E-state index < -0.39 is 11.6 Å². The van der Waals surface area contributed by atoms with Crippen molar-refractivity contribution in [1.82, 2.24) is 0 Å². The topological polar surface area (TPSA) is 27.7 Å². The second kappa shape index (κ2) is 4.25. The molecular formula is C18H27O3P. The van der Waals surface area contributed by atoms with Crippen LogP contribution in [0.15, 0.2) is 23.5 Å². The average Bonchev–Trinajstić information content (AvgIpc) is 2.28. The molecular weight excluding hydrogens is 295 g/mol. The summed E-state index contributed by atoms with van der Waals surface area (Å²) in [7, 11) is -0.187. The summed E-state index contributed by atoms with van der Waals surface area (Å²) in [6.45, 7) is 13.4. The van der Waals surface area contributed by atoms with Gasteiger partial charge in [0.25, 0.3) is 0 Å². The maximum Gasteiger partial charge on any atom is 0.172 e. The van der Waals surface area contributed by atoms with Gasteiger partial charge in [-0.05, 0) is 45.3 Å². The van der Waals surface area contributed by atoms with E-state index in [0.717, 1.165) is 12.8 Å². The fourth-order valence-electron chi connectivity index (χ4n) is 5.67. The molecule has 6 unspecified atom stereocenters. The maximum atomic E-state index is 6.52. The molecule has 5 aliphatic heterocycles. The molecule has 22 heavy (non-hydrogen) atoms. The van der Waals surface area contributed by atoms with Gasteiger partial charge in [-0.1, -0.05) is 33.1 Å². The Hall–Kier alpha value is -0.210. The highest BCUT2D eigenvalue weighted by molar-refractivity contribution is 7.62. The fourth-order valence-corrected chi connectivity index (χ4v) is 7.77. The van der Waals surface area contributed by atoms with Crippen molar-refractivity contribution < 1.29 is 14.2 Å². The zero-order valence-electron chi connectivity index (χ0n) is 14.5. The summed E-state index contributed by atoms with van der Waals surface area (Å²) >= 11 is 0. The number of hydrogen-bond donors (Lipinski definition) is 0. The van der Waals surface area contributed by atoms with Crippen LogP contribution in [0.25, 0.3) is 0 Å². The molecule has 4 fully saturated rings. The molecule has 5 rings (SSSR count). The molecule has 4 heteroatoms. The highest BCUT2D eigenvalue weighted by Gasteiger charge is 2.71. The Morgan fingerprint density at radius 1 is 1.00 bits per heavy atom. The predicted octanol–water partition coefficient (Wildman–Crippen LogP) is 4.38. The predicted molar refractivity (Wildman–Crippen MR) is 89.1 cm³/mol. The lowest BCUT2D eigenvalue weighted by Crippen LogP contribution is -2.77. The fraction of sp³-hybridized carbons (Fsp3) is 0.778. The van der Waals surface area contributed by atoms with Crippen molar-refractivity contribution in [3.8, 4) is 0 Å². The van der Waals surface area contributed by atoms with Gasteiger partial charge in [0.05, 0.1) is 11.2 Å². The summed E-state index contributed by atoms with van der Waals surface area (Å²) in [5, 5.41) is 1.54. The van der Waals surface area contributed by atoms with Gasteiger partial charge in [-0.25, -0.2) is 0 Å². The third-order valence-corrected chi connectivity index (χ3v) is 8.48. The van der Waals surface area contributed by atoms with Gasteiger partial charge in [-0.3, -0.25) is 0 Å². The molecule has 0 spiro atoms. The highest BCUT2D eigenvalue weighted by Crippen LogP contribution is 2.68. The zero-order valence-corrected chi connectivity index (χ0v) is 15.4. The van der Waals surface area contributed by atoms with Crippen LogP contribution in [0, 0.1) is 5.92 Å². The van der Waals surface area contributed by atoms with Crippen molar-refractivity contribution in [3.63, 3.8) is 0 Å². The van der Waals surface area contributed by atoms with Crippen molar-refractivity contribution in [2.24, 2.45) is 5.92 Å². The Balaban J connectivity index is 1.82. The minimum atomic E-state index is -0.515. The van der Waals surface area contributed by atoms with Gasteiger partial charge in [-0.15, -0.1) is 0 Å². The van der Waals surface area contributed by atoms with Gasteiger partial charge in [0.15, 0.2) is 11.6 Å². The van der Waals surface area contributed by atoms with Crippen molar-refractivity contribution in [3.05, 3.63) is 23.5 Å². The molecule has 0 aromatic heterocycles. The molecule has 0 aromatic carbocycles.